The third-order valence-corrected chi connectivity index (χ3v) is 9.14. The Balaban J connectivity index is 1.73. The second kappa shape index (κ2) is 12.6. The van der Waals surface area contributed by atoms with Crippen LogP contribution in [0.5, 0.6) is 5.75 Å². The van der Waals surface area contributed by atoms with E-state index < -0.39 is 10.0 Å². The summed E-state index contributed by atoms with van der Waals surface area (Å²) in [7, 11) is -3.69. The number of unbranched alkanes of at least 4 members (excludes halogenated alkanes) is 1. The highest BCUT2D eigenvalue weighted by Gasteiger charge is 2.30. The Morgan fingerprint density at radius 2 is 1.83 bits per heavy atom. The number of anilines is 1. The van der Waals surface area contributed by atoms with Crippen LogP contribution in [0, 0.1) is 0 Å². The lowest BCUT2D eigenvalue weighted by molar-refractivity contribution is -0.123. The molecule has 3 rings (SSSR count). The Labute approximate surface area is 218 Å². The summed E-state index contributed by atoms with van der Waals surface area (Å²) in [5, 5.41) is 2.94. The molecule has 0 radical (unpaired) electrons. The minimum absolute atomic E-state index is 0.111. The number of hydrogen-bond donors (Lipinski definition) is 1. The first kappa shape index (κ1) is 28.0. The first-order valence-corrected chi connectivity index (χ1v) is 14.7. The predicted molar refractivity (Wildman–Crippen MR) is 143 cm³/mol. The molecule has 0 saturated heterocycles. The molecule has 8 nitrogen and oxygen atoms in total. The zero-order valence-electron chi connectivity index (χ0n) is 21.3. The van der Waals surface area contributed by atoms with Crippen LogP contribution < -0.4 is 15.0 Å². The average molecular weight is 534 g/mol. The molecule has 0 aliphatic carbocycles. The van der Waals surface area contributed by atoms with Crippen molar-refractivity contribution in [3.63, 3.8) is 0 Å². The number of rotatable bonds is 12. The molecule has 2 aromatic rings. The summed E-state index contributed by atoms with van der Waals surface area (Å²) in [5.74, 6) is 0.418. The van der Waals surface area contributed by atoms with Crippen LogP contribution in [0.15, 0.2) is 52.3 Å². The van der Waals surface area contributed by atoms with Gasteiger partial charge in [0, 0.05) is 18.0 Å². The van der Waals surface area contributed by atoms with Crippen molar-refractivity contribution in [1.29, 1.82) is 0 Å². The van der Waals surface area contributed by atoms with Crippen molar-refractivity contribution < 1.29 is 22.7 Å². The molecule has 1 aliphatic rings. The Bertz CT molecular complexity index is 1160. The van der Waals surface area contributed by atoms with Crippen molar-refractivity contribution in [2.24, 2.45) is 0 Å². The van der Waals surface area contributed by atoms with Crippen LogP contribution in [0.3, 0.4) is 0 Å². The fourth-order valence-electron chi connectivity index (χ4n) is 3.93. The number of amides is 2. The molecule has 0 bridgehead atoms. The summed E-state index contributed by atoms with van der Waals surface area (Å²) >= 11 is 1.34. The van der Waals surface area contributed by atoms with E-state index in [1.165, 1.54) is 27.0 Å². The van der Waals surface area contributed by atoms with Crippen LogP contribution in [0.25, 0.3) is 0 Å². The quantitative estimate of drug-likeness (QED) is 0.411. The molecule has 196 valence electrons. The number of nitrogens with zero attached hydrogens (tertiary/aromatic N) is 2. The Hall–Kier alpha value is -2.56. The maximum absolute atomic E-state index is 13.0. The van der Waals surface area contributed by atoms with Gasteiger partial charge in [0.2, 0.25) is 21.8 Å². The lowest BCUT2D eigenvalue weighted by Crippen LogP contribution is -2.44. The van der Waals surface area contributed by atoms with Crippen LogP contribution in [0.1, 0.15) is 52.1 Å². The van der Waals surface area contributed by atoms with Gasteiger partial charge in [0.1, 0.15) is 12.3 Å². The van der Waals surface area contributed by atoms with Gasteiger partial charge >= 0.3 is 0 Å². The molecule has 1 aliphatic heterocycles. The fraction of sp³-hybridized carbons (Fsp3) is 0.462. The van der Waals surface area contributed by atoms with Gasteiger partial charge in [-0.2, -0.15) is 4.31 Å². The Morgan fingerprint density at radius 3 is 2.47 bits per heavy atom. The predicted octanol–water partition coefficient (Wildman–Crippen LogP) is 4.21. The standard InChI is InChI=1S/C26H35N3O5S2/c1-5-8-15-34-21-11-9-20(10-12-21)19(4)27-25(30)17-29-23-16-22(36(32,33)28(6-2)7-3)13-14-24(23)35-18-26(29)31/h9-14,16,19H,5-8,15,17-18H2,1-4H3,(H,27,30)/t19-/m0/s1. The van der Waals surface area contributed by atoms with Crippen molar-refractivity contribution in [2.75, 3.05) is 36.9 Å². The van der Waals surface area contributed by atoms with E-state index >= 15 is 0 Å². The zero-order chi connectivity index (χ0) is 26.3. The molecule has 2 amide bonds. The first-order valence-electron chi connectivity index (χ1n) is 12.3. The summed E-state index contributed by atoms with van der Waals surface area (Å²) in [6.45, 7) is 8.72. The molecule has 10 heteroatoms. The third-order valence-electron chi connectivity index (χ3n) is 6.04. The van der Waals surface area contributed by atoms with Gasteiger partial charge in [0.05, 0.1) is 29.0 Å². The second-order valence-corrected chi connectivity index (χ2v) is 11.5. The van der Waals surface area contributed by atoms with Crippen molar-refractivity contribution >= 4 is 39.3 Å². The number of thioether (sulfide) groups is 1. The third kappa shape index (κ3) is 6.60. The Morgan fingerprint density at radius 1 is 1.14 bits per heavy atom. The average Bonchev–Trinajstić information content (AvgIpc) is 2.86. The monoisotopic (exact) mass is 533 g/mol. The zero-order valence-corrected chi connectivity index (χ0v) is 23.0. The smallest absolute Gasteiger partial charge is 0.243 e. The van der Waals surface area contributed by atoms with Crippen LogP contribution >= 0.6 is 11.8 Å². The number of benzene rings is 2. The largest absolute Gasteiger partial charge is 0.494 e. The molecule has 0 fully saturated rings. The molecule has 1 N–H and O–H groups in total. The topological polar surface area (TPSA) is 96.0 Å². The number of ether oxygens (including phenoxy) is 1. The molecule has 1 heterocycles. The molecule has 0 spiro atoms. The fourth-order valence-corrected chi connectivity index (χ4v) is 6.32. The first-order chi connectivity index (χ1) is 17.2. The van der Waals surface area contributed by atoms with E-state index in [4.69, 9.17) is 4.74 Å². The van der Waals surface area contributed by atoms with Gasteiger partial charge in [-0.25, -0.2) is 8.42 Å². The second-order valence-electron chi connectivity index (χ2n) is 8.55. The van der Waals surface area contributed by atoms with E-state index in [9.17, 15) is 18.0 Å². The highest BCUT2D eigenvalue weighted by atomic mass is 32.2. The van der Waals surface area contributed by atoms with E-state index in [-0.39, 0.29) is 35.0 Å². The Kier molecular flexibility index (Phi) is 9.81. The number of fused-ring (bicyclic) bond motifs is 1. The van der Waals surface area contributed by atoms with Crippen molar-refractivity contribution in [3.05, 3.63) is 48.0 Å². The van der Waals surface area contributed by atoms with Gasteiger partial charge in [-0.05, 0) is 49.2 Å². The maximum Gasteiger partial charge on any atom is 0.243 e. The van der Waals surface area contributed by atoms with E-state index in [1.807, 2.05) is 31.2 Å². The van der Waals surface area contributed by atoms with Crippen LogP contribution in [0.4, 0.5) is 5.69 Å². The molecule has 0 unspecified atom stereocenters. The highest BCUT2D eigenvalue weighted by Crippen LogP contribution is 2.37. The van der Waals surface area contributed by atoms with Gasteiger partial charge in [-0.15, -0.1) is 11.8 Å². The molecule has 2 aromatic carbocycles. The number of sulfonamides is 1. The molecule has 36 heavy (non-hydrogen) atoms. The van der Waals surface area contributed by atoms with Gasteiger partial charge in [-0.1, -0.05) is 39.3 Å². The van der Waals surface area contributed by atoms with Gasteiger partial charge in [0.15, 0.2) is 0 Å². The summed E-state index contributed by atoms with van der Waals surface area (Å²) < 4.78 is 33.1. The maximum atomic E-state index is 13.0. The lowest BCUT2D eigenvalue weighted by Gasteiger charge is -2.30. The molecular formula is C26H35N3O5S2. The minimum atomic E-state index is -3.69. The minimum Gasteiger partial charge on any atom is -0.494 e. The molecule has 1 atom stereocenters. The number of carbonyl (C=O) groups is 2. The van der Waals surface area contributed by atoms with E-state index in [2.05, 4.69) is 12.2 Å². The van der Waals surface area contributed by atoms with Crippen LogP contribution in [-0.4, -0.2) is 56.5 Å². The van der Waals surface area contributed by atoms with Crippen molar-refractivity contribution in [1.82, 2.24) is 9.62 Å². The summed E-state index contributed by atoms with van der Waals surface area (Å²) in [4.78, 5) is 27.9. The van der Waals surface area contributed by atoms with Gasteiger partial charge in [-0.3, -0.25) is 9.59 Å². The normalized spacial score (nSPS) is 14.5. The number of nitrogens with one attached hydrogen (secondary N) is 1. The molecule has 0 saturated carbocycles. The van der Waals surface area contributed by atoms with E-state index in [0.717, 1.165) is 29.1 Å². The van der Waals surface area contributed by atoms with Gasteiger partial charge < -0.3 is 15.0 Å². The van der Waals surface area contributed by atoms with Crippen LogP contribution in [-0.2, 0) is 19.6 Å². The molecular weight excluding hydrogens is 498 g/mol. The number of hydrogen-bond acceptors (Lipinski definition) is 6. The molecule has 0 aromatic heterocycles. The summed E-state index contributed by atoms with van der Waals surface area (Å²) in [6, 6.07) is 12.1. The van der Waals surface area contributed by atoms with E-state index in [1.54, 1.807) is 26.0 Å². The van der Waals surface area contributed by atoms with Crippen LogP contribution in [0.2, 0.25) is 0 Å². The number of carbonyl (C=O) groups excluding carboxylic acids is 2. The van der Waals surface area contributed by atoms with E-state index in [0.29, 0.717) is 25.4 Å². The lowest BCUT2D eigenvalue weighted by atomic mass is 10.1. The summed E-state index contributed by atoms with van der Waals surface area (Å²) in [6.07, 6.45) is 2.06. The highest BCUT2D eigenvalue weighted by molar-refractivity contribution is 8.00. The SMILES string of the molecule is CCCCOc1ccc([C@H](C)NC(=O)CN2C(=O)CSc3ccc(S(=O)(=O)N(CC)CC)cc32)cc1. The van der Waals surface area contributed by atoms with Gasteiger partial charge in [0.25, 0.3) is 0 Å². The summed E-state index contributed by atoms with van der Waals surface area (Å²) in [5.41, 5.74) is 1.36. The van der Waals surface area contributed by atoms with Crippen molar-refractivity contribution in [3.8, 4) is 5.75 Å². The van der Waals surface area contributed by atoms with Crippen molar-refractivity contribution in [2.45, 2.75) is 56.4 Å².